The smallest absolute Gasteiger partial charge is 0.323 e. The molecule has 0 radical (unpaired) electrons. The highest BCUT2D eigenvalue weighted by Crippen LogP contribution is 2.23. The lowest BCUT2D eigenvalue weighted by molar-refractivity contribution is -0.135. The number of methoxy groups -OCH3 is 1. The van der Waals surface area contributed by atoms with Gasteiger partial charge in [-0.25, -0.2) is 4.98 Å². The first-order chi connectivity index (χ1) is 7.45. The van der Waals surface area contributed by atoms with E-state index in [9.17, 15) is 4.79 Å². The predicted octanol–water partition coefficient (Wildman–Crippen LogP) is 0.623. The van der Waals surface area contributed by atoms with E-state index in [1.165, 1.54) is 7.11 Å². The van der Waals surface area contributed by atoms with Crippen LogP contribution in [0, 0.1) is 13.8 Å². The fraction of sp³-hybridized carbons (Fsp3) is 0.500. The molecule has 0 unspecified atom stereocenters. The maximum absolute atomic E-state index is 10.6. The van der Waals surface area contributed by atoms with Crippen molar-refractivity contribution in [3.8, 4) is 5.88 Å². The minimum absolute atomic E-state index is 0.111. The summed E-state index contributed by atoms with van der Waals surface area (Å²) in [5.41, 5.74) is 0.733. The molecule has 6 heteroatoms. The van der Waals surface area contributed by atoms with Crippen LogP contribution in [0.5, 0.6) is 5.88 Å². The number of aliphatic carboxylic acids is 1. The van der Waals surface area contributed by atoms with Gasteiger partial charge in [0.1, 0.15) is 18.2 Å². The lowest BCUT2D eigenvalue weighted by Gasteiger charge is -2.19. The molecule has 0 aliphatic carbocycles. The zero-order valence-corrected chi connectivity index (χ0v) is 9.81. The molecule has 0 amide bonds. The maximum Gasteiger partial charge on any atom is 0.323 e. The van der Waals surface area contributed by atoms with Gasteiger partial charge in [0, 0.05) is 7.05 Å². The van der Waals surface area contributed by atoms with Crippen LogP contribution in [0.3, 0.4) is 0 Å². The molecule has 0 spiro atoms. The van der Waals surface area contributed by atoms with Crippen LogP contribution in [0.25, 0.3) is 0 Å². The van der Waals surface area contributed by atoms with E-state index in [0.717, 1.165) is 5.56 Å². The molecule has 0 saturated carbocycles. The second kappa shape index (κ2) is 4.78. The lowest BCUT2D eigenvalue weighted by atomic mass is 10.3. The summed E-state index contributed by atoms with van der Waals surface area (Å²) in [7, 11) is 3.19. The van der Waals surface area contributed by atoms with Gasteiger partial charge in [-0.1, -0.05) is 0 Å². The predicted molar refractivity (Wildman–Crippen MR) is 59.0 cm³/mol. The van der Waals surface area contributed by atoms with Crippen molar-refractivity contribution in [1.29, 1.82) is 0 Å². The molecule has 1 N–H and O–H groups in total. The van der Waals surface area contributed by atoms with Gasteiger partial charge < -0.3 is 14.7 Å². The van der Waals surface area contributed by atoms with Crippen LogP contribution in [0.4, 0.5) is 5.82 Å². The van der Waals surface area contributed by atoms with Crippen molar-refractivity contribution in [2.75, 3.05) is 25.6 Å². The molecular weight excluding hydrogens is 210 g/mol. The minimum Gasteiger partial charge on any atom is -0.481 e. The van der Waals surface area contributed by atoms with Gasteiger partial charge in [0.05, 0.1) is 12.7 Å². The number of nitrogens with zero attached hydrogens (tertiary/aromatic N) is 3. The van der Waals surface area contributed by atoms with Gasteiger partial charge >= 0.3 is 5.97 Å². The van der Waals surface area contributed by atoms with E-state index < -0.39 is 5.97 Å². The van der Waals surface area contributed by atoms with Crippen LogP contribution in [-0.2, 0) is 4.79 Å². The molecule has 1 rings (SSSR count). The van der Waals surface area contributed by atoms with Gasteiger partial charge in [0.2, 0.25) is 5.88 Å². The number of anilines is 1. The maximum atomic E-state index is 10.6. The number of likely N-dealkylation sites (N-methyl/N-ethyl adjacent to an activating group) is 1. The Morgan fingerprint density at radius 3 is 2.56 bits per heavy atom. The van der Waals surface area contributed by atoms with E-state index in [0.29, 0.717) is 17.5 Å². The number of carboxylic acid groups (broad SMARTS) is 1. The van der Waals surface area contributed by atoms with Crippen molar-refractivity contribution in [1.82, 2.24) is 9.97 Å². The summed E-state index contributed by atoms with van der Waals surface area (Å²) in [5.74, 6) is 0.693. The third-order valence-corrected chi connectivity index (χ3v) is 2.11. The largest absolute Gasteiger partial charge is 0.481 e. The quantitative estimate of drug-likeness (QED) is 0.809. The molecule has 1 heterocycles. The second-order valence-corrected chi connectivity index (χ2v) is 3.48. The van der Waals surface area contributed by atoms with Crippen molar-refractivity contribution in [2.24, 2.45) is 0 Å². The molecule has 1 aromatic heterocycles. The van der Waals surface area contributed by atoms with Crippen LogP contribution in [0.2, 0.25) is 0 Å². The van der Waals surface area contributed by atoms with E-state index in [1.807, 2.05) is 0 Å². The normalized spacial score (nSPS) is 10.0. The first kappa shape index (κ1) is 12.2. The summed E-state index contributed by atoms with van der Waals surface area (Å²) in [6.45, 7) is 3.42. The Kier molecular flexibility index (Phi) is 3.65. The number of ether oxygens (including phenoxy) is 1. The number of carbonyl (C=O) groups is 1. The van der Waals surface area contributed by atoms with E-state index >= 15 is 0 Å². The van der Waals surface area contributed by atoms with Gasteiger partial charge in [-0.05, 0) is 13.8 Å². The zero-order valence-electron chi connectivity index (χ0n) is 9.81. The summed E-state index contributed by atoms with van der Waals surface area (Å²) in [6, 6.07) is 0. The van der Waals surface area contributed by atoms with Crippen molar-refractivity contribution < 1.29 is 14.6 Å². The first-order valence-electron chi connectivity index (χ1n) is 4.78. The van der Waals surface area contributed by atoms with Gasteiger partial charge in [-0.15, -0.1) is 0 Å². The van der Waals surface area contributed by atoms with Crippen molar-refractivity contribution in [3.63, 3.8) is 0 Å². The monoisotopic (exact) mass is 225 g/mol. The Morgan fingerprint density at radius 1 is 1.44 bits per heavy atom. The van der Waals surface area contributed by atoms with Crippen LogP contribution in [0.1, 0.15) is 11.4 Å². The van der Waals surface area contributed by atoms with Gasteiger partial charge in [-0.3, -0.25) is 4.79 Å². The van der Waals surface area contributed by atoms with Gasteiger partial charge in [0.25, 0.3) is 0 Å². The average Bonchev–Trinajstić information content (AvgIpc) is 2.19. The van der Waals surface area contributed by atoms with E-state index in [2.05, 4.69) is 9.97 Å². The third-order valence-electron chi connectivity index (χ3n) is 2.11. The first-order valence-corrected chi connectivity index (χ1v) is 4.78. The Hall–Kier alpha value is -1.85. The van der Waals surface area contributed by atoms with Crippen LogP contribution >= 0.6 is 0 Å². The van der Waals surface area contributed by atoms with Crippen LogP contribution in [0.15, 0.2) is 0 Å². The molecular formula is C10H15N3O3. The van der Waals surface area contributed by atoms with Gasteiger partial charge in [-0.2, -0.15) is 4.98 Å². The number of carboxylic acids is 1. The number of aromatic nitrogens is 2. The third kappa shape index (κ3) is 2.59. The summed E-state index contributed by atoms with van der Waals surface area (Å²) >= 11 is 0. The second-order valence-electron chi connectivity index (χ2n) is 3.48. The summed E-state index contributed by atoms with van der Waals surface area (Å²) in [4.78, 5) is 20.5. The highest BCUT2D eigenvalue weighted by molar-refractivity contribution is 5.73. The minimum atomic E-state index is -0.905. The highest BCUT2D eigenvalue weighted by atomic mass is 16.5. The molecule has 0 aromatic carbocycles. The molecule has 88 valence electrons. The standard InChI is InChI=1S/C10H15N3O3/c1-6-9(13(3)5-8(14)15)11-7(2)12-10(6)16-4/h5H2,1-4H3,(H,14,15). The molecule has 1 aromatic rings. The number of hydrogen-bond acceptors (Lipinski definition) is 5. The van der Waals surface area contributed by atoms with Crippen LogP contribution < -0.4 is 9.64 Å². The fourth-order valence-electron chi connectivity index (χ4n) is 1.44. The summed E-state index contributed by atoms with van der Waals surface area (Å²) < 4.78 is 5.10. The highest BCUT2D eigenvalue weighted by Gasteiger charge is 2.14. The number of hydrogen-bond donors (Lipinski definition) is 1. The Balaban J connectivity index is 3.12. The topological polar surface area (TPSA) is 75.6 Å². The molecule has 16 heavy (non-hydrogen) atoms. The zero-order chi connectivity index (χ0) is 12.3. The van der Waals surface area contributed by atoms with Crippen molar-refractivity contribution in [3.05, 3.63) is 11.4 Å². The van der Waals surface area contributed by atoms with E-state index in [1.54, 1.807) is 25.8 Å². The lowest BCUT2D eigenvalue weighted by Crippen LogP contribution is -2.27. The van der Waals surface area contributed by atoms with Crippen molar-refractivity contribution >= 4 is 11.8 Å². The average molecular weight is 225 g/mol. The summed E-state index contributed by atoms with van der Waals surface area (Å²) in [6.07, 6.45) is 0. The van der Waals surface area contributed by atoms with Crippen molar-refractivity contribution in [2.45, 2.75) is 13.8 Å². The number of aryl methyl sites for hydroxylation is 1. The number of rotatable bonds is 4. The van der Waals surface area contributed by atoms with E-state index in [-0.39, 0.29) is 6.54 Å². The summed E-state index contributed by atoms with van der Waals surface area (Å²) in [5, 5.41) is 8.72. The van der Waals surface area contributed by atoms with Gasteiger partial charge in [0.15, 0.2) is 0 Å². The molecule has 6 nitrogen and oxygen atoms in total. The molecule has 0 aliphatic heterocycles. The van der Waals surface area contributed by atoms with Crippen LogP contribution in [-0.4, -0.2) is 41.7 Å². The fourth-order valence-corrected chi connectivity index (χ4v) is 1.44. The Morgan fingerprint density at radius 2 is 2.06 bits per heavy atom. The molecule has 0 bridgehead atoms. The Labute approximate surface area is 93.9 Å². The Bertz CT molecular complexity index is 407. The molecule has 0 atom stereocenters. The molecule has 0 fully saturated rings. The SMILES string of the molecule is COc1nc(C)nc(N(C)CC(=O)O)c1C. The molecule has 0 saturated heterocycles. The van der Waals surface area contributed by atoms with E-state index in [4.69, 9.17) is 9.84 Å². The molecule has 0 aliphatic rings.